The van der Waals surface area contributed by atoms with Gasteiger partial charge in [0, 0.05) is 30.9 Å². The first kappa shape index (κ1) is 14.8. The van der Waals surface area contributed by atoms with Crippen molar-refractivity contribution in [2.24, 2.45) is 0 Å². The lowest BCUT2D eigenvalue weighted by Gasteiger charge is -2.09. The Morgan fingerprint density at radius 1 is 1.29 bits per heavy atom. The quantitative estimate of drug-likeness (QED) is 0.625. The molecule has 1 aromatic heterocycles. The zero-order valence-corrected chi connectivity index (χ0v) is 11.9. The molecule has 0 radical (unpaired) electrons. The van der Waals surface area contributed by atoms with Crippen molar-refractivity contribution in [1.82, 2.24) is 4.57 Å². The number of ether oxygens (including phenoxy) is 1. The summed E-state index contributed by atoms with van der Waals surface area (Å²) in [4.78, 5) is 22.1. The van der Waals surface area contributed by atoms with Crippen molar-refractivity contribution in [1.29, 1.82) is 0 Å². The molecule has 0 fully saturated rings. The molecule has 0 amide bonds. The smallest absolute Gasteiger partial charge is 0.269 e. The van der Waals surface area contributed by atoms with Gasteiger partial charge in [0.15, 0.2) is 0 Å². The van der Waals surface area contributed by atoms with Crippen molar-refractivity contribution in [3.63, 3.8) is 0 Å². The van der Waals surface area contributed by atoms with Gasteiger partial charge in [-0.25, -0.2) is 0 Å². The van der Waals surface area contributed by atoms with Gasteiger partial charge in [-0.1, -0.05) is 6.92 Å². The minimum absolute atomic E-state index is 0.0122. The van der Waals surface area contributed by atoms with Crippen LogP contribution < -0.4 is 10.3 Å². The molecule has 0 aliphatic heterocycles. The average Bonchev–Trinajstić information content (AvgIpc) is 2.44. The van der Waals surface area contributed by atoms with Crippen LogP contribution in [0.3, 0.4) is 0 Å². The predicted octanol–water partition coefficient (Wildman–Crippen LogP) is 3.27. The topological polar surface area (TPSA) is 74.4 Å². The second-order valence-electron chi connectivity index (χ2n) is 4.70. The first-order valence-electron chi connectivity index (χ1n) is 6.64. The summed E-state index contributed by atoms with van der Waals surface area (Å²) in [6.45, 7) is 4.38. The number of aromatic nitrogens is 1. The Morgan fingerprint density at radius 2 is 2.05 bits per heavy atom. The molecule has 0 bridgehead atoms. The molecule has 0 aliphatic rings. The number of aryl methyl sites for hydroxylation is 2. The monoisotopic (exact) mass is 288 g/mol. The van der Waals surface area contributed by atoms with Gasteiger partial charge in [0.25, 0.3) is 11.2 Å². The van der Waals surface area contributed by atoms with Gasteiger partial charge in [-0.15, -0.1) is 0 Å². The number of pyridine rings is 1. The normalized spacial score (nSPS) is 10.4. The van der Waals surface area contributed by atoms with Crippen LogP contribution in [0.4, 0.5) is 5.69 Å². The van der Waals surface area contributed by atoms with Crippen molar-refractivity contribution in [3.8, 4) is 11.5 Å². The van der Waals surface area contributed by atoms with Crippen molar-refractivity contribution >= 4 is 5.69 Å². The number of hydrogen-bond donors (Lipinski definition) is 0. The third kappa shape index (κ3) is 3.47. The second-order valence-corrected chi connectivity index (χ2v) is 4.70. The molecule has 0 saturated heterocycles. The van der Waals surface area contributed by atoms with Crippen molar-refractivity contribution in [3.05, 3.63) is 62.6 Å². The summed E-state index contributed by atoms with van der Waals surface area (Å²) in [7, 11) is 0. The molecule has 1 heterocycles. The molecule has 0 aliphatic carbocycles. The molecule has 0 N–H and O–H groups in total. The van der Waals surface area contributed by atoms with Gasteiger partial charge in [0.2, 0.25) is 0 Å². The Kier molecular flexibility index (Phi) is 4.37. The van der Waals surface area contributed by atoms with Crippen molar-refractivity contribution in [2.45, 2.75) is 26.8 Å². The van der Waals surface area contributed by atoms with E-state index in [-0.39, 0.29) is 11.2 Å². The van der Waals surface area contributed by atoms with Gasteiger partial charge in [-0.05, 0) is 31.0 Å². The molecule has 0 atom stereocenters. The molecule has 0 unspecified atom stereocenters. The van der Waals surface area contributed by atoms with Gasteiger partial charge in [0.1, 0.15) is 11.5 Å². The third-order valence-corrected chi connectivity index (χ3v) is 3.03. The number of nitrogens with zero attached hydrogens (tertiary/aromatic N) is 2. The van der Waals surface area contributed by atoms with Crippen LogP contribution in [-0.2, 0) is 6.54 Å². The molecule has 21 heavy (non-hydrogen) atoms. The van der Waals surface area contributed by atoms with Crippen LogP contribution in [0.2, 0.25) is 0 Å². The molecule has 1 aromatic carbocycles. The first-order valence-corrected chi connectivity index (χ1v) is 6.64. The van der Waals surface area contributed by atoms with Crippen LogP contribution in [-0.4, -0.2) is 9.49 Å². The summed E-state index contributed by atoms with van der Waals surface area (Å²) in [6.07, 6.45) is 2.56. The van der Waals surface area contributed by atoms with E-state index in [9.17, 15) is 14.9 Å². The van der Waals surface area contributed by atoms with Crippen LogP contribution in [0, 0.1) is 17.0 Å². The van der Waals surface area contributed by atoms with E-state index >= 15 is 0 Å². The minimum Gasteiger partial charge on any atom is -0.457 e. The molecular weight excluding hydrogens is 272 g/mol. The maximum atomic E-state index is 11.8. The van der Waals surface area contributed by atoms with Gasteiger partial charge in [-0.2, -0.15) is 0 Å². The lowest BCUT2D eigenvalue weighted by atomic mass is 10.2. The van der Waals surface area contributed by atoms with E-state index in [4.69, 9.17) is 4.74 Å². The molecule has 2 rings (SSSR count). The number of rotatable bonds is 5. The molecule has 0 spiro atoms. The number of benzene rings is 1. The van der Waals surface area contributed by atoms with Crippen molar-refractivity contribution in [2.75, 3.05) is 0 Å². The molecule has 2 aromatic rings. The van der Waals surface area contributed by atoms with Crippen LogP contribution >= 0.6 is 0 Å². The van der Waals surface area contributed by atoms with Gasteiger partial charge >= 0.3 is 0 Å². The number of nitro benzene ring substituents is 1. The van der Waals surface area contributed by atoms with E-state index in [0.29, 0.717) is 23.6 Å². The average molecular weight is 288 g/mol. The second kappa shape index (κ2) is 6.21. The van der Waals surface area contributed by atoms with Crippen LogP contribution in [0.1, 0.15) is 18.9 Å². The van der Waals surface area contributed by atoms with Crippen molar-refractivity contribution < 1.29 is 9.66 Å². The maximum absolute atomic E-state index is 11.8. The Morgan fingerprint density at radius 3 is 2.62 bits per heavy atom. The SMILES string of the molecule is CCCn1ccc(Oc2ccc([N+](=O)[O-])cc2C)cc1=O. The molecule has 6 nitrogen and oxygen atoms in total. The summed E-state index contributed by atoms with van der Waals surface area (Å²) < 4.78 is 7.23. The Balaban J connectivity index is 2.24. The number of non-ortho nitro benzene ring substituents is 1. The fourth-order valence-corrected chi connectivity index (χ4v) is 1.97. The fraction of sp³-hybridized carbons (Fsp3) is 0.267. The summed E-state index contributed by atoms with van der Waals surface area (Å²) in [6, 6.07) is 7.47. The van der Waals surface area contributed by atoms with E-state index in [1.165, 1.54) is 24.3 Å². The van der Waals surface area contributed by atoms with E-state index in [2.05, 4.69) is 0 Å². The van der Waals surface area contributed by atoms with Crippen LogP contribution in [0.15, 0.2) is 41.3 Å². The minimum atomic E-state index is -0.456. The molecular formula is C15H16N2O4. The Bertz CT molecular complexity index is 722. The highest BCUT2D eigenvalue weighted by Gasteiger charge is 2.10. The highest BCUT2D eigenvalue weighted by molar-refractivity contribution is 5.44. The van der Waals surface area contributed by atoms with Crippen LogP contribution in [0.5, 0.6) is 11.5 Å². The number of hydrogen-bond acceptors (Lipinski definition) is 4. The molecule has 110 valence electrons. The van der Waals surface area contributed by atoms with Gasteiger partial charge in [0.05, 0.1) is 4.92 Å². The zero-order chi connectivity index (χ0) is 15.4. The van der Waals surface area contributed by atoms with E-state index in [0.717, 1.165) is 6.42 Å². The number of nitro groups is 1. The molecule has 6 heteroatoms. The maximum Gasteiger partial charge on any atom is 0.269 e. The highest BCUT2D eigenvalue weighted by atomic mass is 16.6. The fourth-order valence-electron chi connectivity index (χ4n) is 1.97. The Labute approximate surface area is 121 Å². The third-order valence-electron chi connectivity index (χ3n) is 3.03. The van der Waals surface area contributed by atoms with E-state index in [1.54, 1.807) is 23.8 Å². The largest absolute Gasteiger partial charge is 0.457 e. The van der Waals surface area contributed by atoms with E-state index in [1.807, 2.05) is 6.92 Å². The lowest BCUT2D eigenvalue weighted by molar-refractivity contribution is -0.384. The zero-order valence-electron chi connectivity index (χ0n) is 11.9. The standard InChI is InChI=1S/C15H16N2O4/c1-3-7-16-8-6-13(10-15(16)18)21-14-5-4-12(17(19)20)9-11(14)2/h4-6,8-10H,3,7H2,1-2H3. The summed E-state index contributed by atoms with van der Waals surface area (Å²) in [5.41, 5.74) is 0.522. The lowest BCUT2D eigenvalue weighted by Crippen LogP contribution is -2.17. The van der Waals surface area contributed by atoms with Gasteiger partial charge in [-0.3, -0.25) is 14.9 Å². The Hall–Kier alpha value is -2.63. The van der Waals surface area contributed by atoms with E-state index < -0.39 is 4.92 Å². The highest BCUT2D eigenvalue weighted by Crippen LogP contribution is 2.27. The van der Waals surface area contributed by atoms with Crippen LogP contribution in [0.25, 0.3) is 0 Å². The first-order chi connectivity index (χ1) is 10.0. The summed E-state index contributed by atoms with van der Waals surface area (Å²) in [5, 5.41) is 10.7. The van der Waals surface area contributed by atoms with Gasteiger partial charge < -0.3 is 9.30 Å². The summed E-state index contributed by atoms with van der Waals surface area (Å²) >= 11 is 0. The predicted molar refractivity (Wildman–Crippen MR) is 78.9 cm³/mol. The molecule has 0 saturated carbocycles. The summed E-state index contributed by atoms with van der Waals surface area (Å²) in [5.74, 6) is 0.914.